The maximum atomic E-state index is 12.4. The Kier molecular flexibility index (Phi) is 4.83. The molecule has 3 rings (SSSR count). The molecule has 0 spiro atoms. The second kappa shape index (κ2) is 7.02. The van der Waals surface area contributed by atoms with Gasteiger partial charge in [-0.05, 0) is 31.3 Å². The summed E-state index contributed by atoms with van der Waals surface area (Å²) in [5, 5.41) is 0. The van der Waals surface area contributed by atoms with Crippen molar-refractivity contribution < 1.29 is 9.00 Å². The molecule has 2 aromatic rings. The number of hydrogen-bond acceptors (Lipinski definition) is 4. The number of rotatable bonds is 3. The number of likely N-dealkylation sites (N-methyl/N-ethyl adjacent to an activating group) is 1. The Hall–Kier alpha value is -2.05. The molecule has 2 heterocycles. The highest BCUT2D eigenvalue weighted by Crippen LogP contribution is 2.16. The van der Waals surface area contributed by atoms with Gasteiger partial charge < -0.3 is 9.80 Å². The standard InChI is InChI=1S/C17H19N3O2S/c1-19-9-11-20(12-10-19)17(21)16-8-7-15(13-18-16)23(22)14-5-3-2-4-6-14/h2-8,13H,9-12H2,1H3/t23-/m1/s1. The third-order valence-corrected chi connectivity index (χ3v) is 5.29. The van der Waals surface area contributed by atoms with Crippen molar-refractivity contribution in [3.05, 3.63) is 54.4 Å². The van der Waals surface area contributed by atoms with Gasteiger partial charge in [0.2, 0.25) is 0 Å². The van der Waals surface area contributed by atoms with Crippen LogP contribution in [0.25, 0.3) is 0 Å². The maximum absolute atomic E-state index is 12.4. The fourth-order valence-corrected chi connectivity index (χ4v) is 3.48. The average Bonchev–Trinajstić information content (AvgIpc) is 2.62. The molecule has 120 valence electrons. The molecule has 1 fully saturated rings. The van der Waals surface area contributed by atoms with E-state index in [-0.39, 0.29) is 5.91 Å². The number of amides is 1. The quantitative estimate of drug-likeness (QED) is 0.859. The summed E-state index contributed by atoms with van der Waals surface area (Å²) in [7, 11) is 0.778. The van der Waals surface area contributed by atoms with E-state index in [9.17, 15) is 9.00 Å². The zero-order valence-electron chi connectivity index (χ0n) is 13.0. The van der Waals surface area contributed by atoms with Crippen LogP contribution in [-0.2, 0) is 10.8 Å². The first-order valence-electron chi connectivity index (χ1n) is 7.56. The van der Waals surface area contributed by atoms with Crippen molar-refractivity contribution in [2.24, 2.45) is 0 Å². The van der Waals surface area contributed by atoms with E-state index in [2.05, 4.69) is 9.88 Å². The Bertz CT molecular complexity index is 696. The summed E-state index contributed by atoms with van der Waals surface area (Å²) in [5.74, 6) is -0.0601. The van der Waals surface area contributed by atoms with Gasteiger partial charge in [-0.1, -0.05) is 18.2 Å². The van der Waals surface area contributed by atoms with Crippen molar-refractivity contribution in [2.75, 3.05) is 33.2 Å². The molecule has 1 aromatic carbocycles. The van der Waals surface area contributed by atoms with E-state index in [1.807, 2.05) is 42.3 Å². The molecule has 0 unspecified atom stereocenters. The molecular weight excluding hydrogens is 310 g/mol. The molecule has 5 nitrogen and oxygen atoms in total. The first-order chi connectivity index (χ1) is 11.1. The van der Waals surface area contributed by atoms with E-state index in [0.29, 0.717) is 23.7 Å². The summed E-state index contributed by atoms with van der Waals surface area (Å²) in [6, 6.07) is 12.6. The number of aromatic nitrogens is 1. The third kappa shape index (κ3) is 3.65. The van der Waals surface area contributed by atoms with Crippen LogP contribution in [0.3, 0.4) is 0 Å². The number of pyridine rings is 1. The minimum atomic E-state index is -1.27. The van der Waals surface area contributed by atoms with Gasteiger partial charge in [-0.25, -0.2) is 9.19 Å². The molecule has 1 saturated heterocycles. The molecule has 0 saturated carbocycles. The Labute approximate surface area is 138 Å². The van der Waals surface area contributed by atoms with Crippen molar-refractivity contribution in [2.45, 2.75) is 9.79 Å². The minimum Gasteiger partial charge on any atom is -0.335 e. The van der Waals surface area contributed by atoms with Crippen LogP contribution in [0.15, 0.2) is 58.5 Å². The Morgan fingerprint density at radius 1 is 1.00 bits per heavy atom. The predicted molar refractivity (Wildman–Crippen MR) is 88.8 cm³/mol. The molecule has 23 heavy (non-hydrogen) atoms. The Morgan fingerprint density at radius 2 is 1.70 bits per heavy atom. The highest BCUT2D eigenvalue weighted by Gasteiger charge is 2.21. The largest absolute Gasteiger partial charge is 0.335 e. The minimum absolute atomic E-state index is 0.0601. The topological polar surface area (TPSA) is 53.5 Å². The summed E-state index contributed by atoms with van der Waals surface area (Å²) < 4.78 is 12.4. The lowest BCUT2D eigenvalue weighted by Gasteiger charge is -2.32. The van der Waals surface area contributed by atoms with Crippen LogP contribution in [0, 0.1) is 0 Å². The van der Waals surface area contributed by atoms with E-state index in [4.69, 9.17) is 0 Å². The fraction of sp³-hybridized carbons (Fsp3) is 0.294. The summed E-state index contributed by atoms with van der Waals surface area (Å²) in [6.07, 6.45) is 1.53. The van der Waals surface area contributed by atoms with Crippen molar-refractivity contribution in [3.8, 4) is 0 Å². The van der Waals surface area contributed by atoms with Crippen LogP contribution in [0.1, 0.15) is 10.5 Å². The first kappa shape index (κ1) is 15.8. The van der Waals surface area contributed by atoms with Crippen LogP contribution in [0.2, 0.25) is 0 Å². The Balaban J connectivity index is 1.72. The van der Waals surface area contributed by atoms with Gasteiger partial charge in [0.25, 0.3) is 5.91 Å². The molecule has 6 heteroatoms. The van der Waals surface area contributed by atoms with Crippen LogP contribution in [-0.4, -0.2) is 58.1 Å². The first-order valence-corrected chi connectivity index (χ1v) is 8.71. The second-order valence-electron chi connectivity index (χ2n) is 5.56. The van der Waals surface area contributed by atoms with Crippen LogP contribution in [0.5, 0.6) is 0 Å². The molecule has 1 aliphatic rings. The fourth-order valence-electron chi connectivity index (χ4n) is 2.47. The average molecular weight is 329 g/mol. The number of hydrogen-bond donors (Lipinski definition) is 0. The van der Waals surface area contributed by atoms with Crippen LogP contribution < -0.4 is 0 Å². The van der Waals surface area contributed by atoms with E-state index < -0.39 is 10.8 Å². The molecule has 0 aliphatic carbocycles. The lowest BCUT2D eigenvalue weighted by Crippen LogP contribution is -2.47. The van der Waals surface area contributed by atoms with E-state index in [0.717, 1.165) is 18.0 Å². The van der Waals surface area contributed by atoms with Crippen molar-refractivity contribution in [3.63, 3.8) is 0 Å². The number of piperazine rings is 1. The van der Waals surface area contributed by atoms with E-state index in [1.54, 1.807) is 12.1 Å². The van der Waals surface area contributed by atoms with Gasteiger partial charge in [0.05, 0.1) is 15.7 Å². The van der Waals surface area contributed by atoms with Gasteiger partial charge in [-0.3, -0.25) is 4.79 Å². The lowest BCUT2D eigenvalue weighted by molar-refractivity contribution is 0.0658. The van der Waals surface area contributed by atoms with Crippen LogP contribution >= 0.6 is 0 Å². The third-order valence-electron chi connectivity index (χ3n) is 3.92. The SMILES string of the molecule is CN1CCN(C(=O)c2ccc([S@](=O)c3ccccc3)cn2)CC1. The van der Waals surface area contributed by atoms with Gasteiger partial charge in [0, 0.05) is 37.3 Å². The molecule has 0 N–H and O–H groups in total. The van der Waals surface area contributed by atoms with E-state index in [1.165, 1.54) is 6.20 Å². The van der Waals surface area contributed by atoms with Gasteiger partial charge in [0.1, 0.15) is 5.69 Å². The van der Waals surface area contributed by atoms with Crippen molar-refractivity contribution >= 4 is 16.7 Å². The highest BCUT2D eigenvalue weighted by atomic mass is 32.2. The predicted octanol–water partition coefficient (Wildman–Crippen LogP) is 1.64. The molecule has 1 aliphatic heterocycles. The lowest BCUT2D eigenvalue weighted by atomic mass is 10.2. The zero-order valence-corrected chi connectivity index (χ0v) is 13.8. The maximum Gasteiger partial charge on any atom is 0.272 e. The van der Waals surface area contributed by atoms with Crippen molar-refractivity contribution in [1.29, 1.82) is 0 Å². The van der Waals surface area contributed by atoms with E-state index >= 15 is 0 Å². The highest BCUT2D eigenvalue weighted by molar-refractivity contribution is 7.85. The molecule has 1 atom stereocenters. The Morgan fingerprint density at radius 3 is 2.30 bits per heavy atom. The smallest absolute Gasteiger partial charge is 0.272 e. The number of carbonyl (C=O) groups is 1. The molecule has 0 bridgehead atoms. The van der Waals surface area contributed by atoms with Gasteiger partial charge in [0.15, 0.2) is 0 Å². The number of carbonyl (C=O) groups excluding carboxylic acids is 1. The zero-order chi connectivity index (χ0) is 16.2. The van der Waals surface area contributed by atoms with Gasteiger partial charge in [-0.2, -0.15) is 0 Å². The monoisotopic (exact) mass is 329 g/mol. The summed E-state index contributed by atoms with van der Waals surface area (Å²) in [4.78, 5) is 22.0. The molecule has 0 radical (unpaired) electrons. The van der Waals surface area contributed by atoms with Crippen molar-refractivity contribution in [1.82, 2.24) is 14.8 Å². The number of nitrogens with zero attached hydrogens (tertiary/aromatic N) is 3. The normalized spacial score (nSPS) is 17.0. The second-order valence-corrected chi connectivity index (χ2v) is 7.04. The number of benzene rings is 1. The summed E-state index contributed by atoms with van der Waals surface area (Å²) >= 11 is 0. The molecule has 1 amide bonds. The van der Waals surface area contributed by atoms with Gasteiger partial charge in [-0.15, -0.1) is 0 Å². The van der Waals surface area contributed by atoms with Gasteiger partial charge >= 0.3 is 0 Å². The van der Waals surface area contributed by atoms with Crippen LogP contribution in [0.4, 0.5) is 0 Å². The molecular formula is C17H19N3O2S. The summed E-state index contributed by atoms with van der Waals surface area (Å²) in [5.41, 5.74) is 0.406. The summed E-state index contributed by atoms with van der Waals surface area (Å²) in [6.45, 7) is 3.19. The molecule has 1 aromatic heterocycles.